The monoisotopic (exact) mass is 151 g/mol. The molecule has 0 aromatic heterocycles. The molecule has 0 aromatic rings. The quantitative estimate of drug-likeness (QED) is 0.555. The fourth-order valence-electron chi connectivity index (χ4n) is 3.97. The maximum Gasteiger partial charge on any atom is 0.0130 e. The van der Waals surface area contributed by atoms with Gasteiger partial charge < -0.3 is 5.32 Å². The minimum atomic E-state index is 0.696. The molecule has 11 heavy (non-hydrogen) atoms. The first-order valence-corrected chi connectivity index (χ1v) is 4.94. The van der Waals surface area contributed by atoms with Gasteiger partial charge in [-0.25, -0.2) is 0 Å². The Morgan fingerprint density at radius 1 is 1.45 bits per heavy atom. The predicted octanol–water partition coefficient (Wildman–Crippen LogP) is 1.64. The third-order valence-corrected chi connectivity index (χ3v) is 4.67. The summed E-state index contributed by atoms with van der Waals surface area (Å²) in [4.78, 5) is 0. The number of rotatable bonds is 0. The normalized spacial score (nSPS) is 66.0. The van der Waals surface area contributed by atoms with Crippen LogP contribution in [0.15, 0.2) is 0 Å². The van der Waals surface area contributed by atoms with Gasteiger partial charge in [-0.3, -0.25) is 0 Å². The zero-order valence-corrected chi connectivity index (χ0v) is 7.43. The Balaban J connectivity index is 2.03. The van der Waals surface area contributed by atoms with E-state index < -0.39 is 0 Å². The van der Waals surface area contributed by atoms with Crippen LogP contribution in [0.5, 0.6) is 0 Å². The molecule has 5 unspecified atom stereocenters. The van der Waals surface area contributed by atoms with E-state index in [-0.39, 0.29) is 0 Å². The van der Waals surface area contributed by atoms with Crippen molar-refractivity contribution in [2.45, 2.75) is 32.7 Å². The number of hydrogen-bond donors (Lipinski definition) is 1. The van der Waals surface area contributed by atoms with E-state index in [1.54, 1.807) is 0 Å². The average molecular weight is 151 g/mol. The van der Waals surface area contributed by atoms with Gasteiger partial charge in [-0.2, -0.15) is 0 Å². The smallest absolute Gasteiger partial charge is 0.0130 e. The third kappa shape index (κ3) is 0.581. The third-order valence-electron chi connectivity index (χ3n) is 4.67. The lowest BCUT2D eigenvalue weighted by Crippen LogP contribution is -2.33. The molecule has 0 amide bonds. The van der Waals surface area contributed by atoms with Crippen molar-refractivity contribution in [3.63, 3.8) is 0 Å². The van der Waals surface area contributed by atoms with Crippen LogP contribution in [-0.4, -0.2) is 12.6 Å². The minimum Gasteiger partial charge on any atom is -0.313 e. The molecule has 3 rings (SSSR count). The minimum absolute atomic E-state index is 0.696. The van der Waals surface area contributed by atoms with Gasteiger partial charge in [-0.15, -0.1) is 0 Å². The molecule has 2 saturated carbocycles. The largest absolute Gasteiger partial charge is 0.313 e. The Labute approximate surface area is 68.6 Å². The fourth-order valence-corrected chi connectivity index (χ4v) is 3.97. The van der Waals surface area contributed by atoms with Crippen LogP contribution in [0.3, 0.4) is 0 Å². The molecule has 1 saturated heterocycles. The summed E-state index contributed by atoms with van der Waals surface area (Å²) >= 11 is 0. The van der Waals surface area contributed by atoms with E-state index in [4.69, 9.17) is 0 Å². The molecule has 62 valence electrons. The van der Waals surface area contributed by atoms with Crippen molar-refractivity contribution in [2.24, 2.45) is 23.2 Å². The van der Waals surface area contributed by atoms with Crippen molar-refractivity contribution in [3.05, 3.63) is 0 Å². The summed E-state index contributed by atoms with van der Waals surface area (Å²) < 4.78 is 0. The molecule has 5 atom stereocenters. The Morgan fingerprint density at radius 3 is 2.91 bits per heavy atom. The molecule has 1 heterocycles. The highest BCUT2D eigenvalue weighted by molar-refractivity contribution is 5.13. The molecule has 3 fully saturated rings. The maximum absolute atomic E-state index is 3.70. The van der Waals surface area contributed by atoms with Gasteiger partial charge in [0.2, 0.25) is 0 Å². The molecule has 2 aliphatic carbocycles. The molecular formula is C10H17N. The number of fused-ring (bicyclic) bond motifs is 1. The molecule has 0 radical (unpaired) electrons. The molecule has 2 bridgehead atoms. The Hall–Kier alpha value is -0.0400. The summed E-state index contributed by atoms with van der Waals surface area (Å²) in [6.07, 6.45) is 3.03. The second kappa shape index (κ2) is 1.66. The van der Waals surface area contributed by atoms with Gasteiger partial charge in [-0.05, 0) is 36.0 Å². The van der Waals surface area contributed by atoms with Crippen LogP contribution in [0.25, 0.3) is 0 Å². The van der Waals surface area contributed by atoms with Crippen molar-refractivity contribution in [1.29, 1.82) is 0 Å². The van der Waals surface area contributed by atoms with Gasteiger partial charge in [0.25, 0.3) is 0 Å². The average Bonchev–Trinajstić information content (AvgIpc) is 2.45. The van der Waals surface area contributed by atoms with E-state index in [2.05, 4.69) is 19.2 Å². The van der Waals surface area contributed by atoms with E-state index in [1.165, 1.54) is 19.4 Å². The van der Waals surface area contributed by atoms with Gasteiger partial charge in [0, 0.05) is 12.6 Å². The highest BCUT2D eigenvalue weighted by Crippen LogP contribution is 2.60. The van der Waals surface area contributed by atoms with E-state index in [0.717, 1.165) is 23.8 Å². The van der Waals surface area contributed by atoms with Crippen LogP contribution < -0.4 is 5.32 Å². The first-order chi connectivity index (χ1) is 5.21. The Bertz CT molecular complexity index is 201. The molecule has 0 spiro atoms. The zero-order chi connectivity index (χ0) is 7.64. The molecule has 0 aromatic carbocycles. The highest BCUT2D eigenvalue weighted by atomic mass is 15.0. The van der Waals surface area contributed by atoms with Crippen molar-refractivity contribution in [1.82, 2.24) is 5.32 Å². The van der Waals surface area contributed by atoms with E-state index in [9.17, 15) is 0 Å². The standard InChI is InChI=1S/C10H17N/c1-6-7-3-8-9(6)11-5-10(8,2)4-7/h6-9,11H,3-5H2,1-2H3. The van der Waals surface area contributed by atoms with Gasteiger partial charge in [0.15, 0.2) is 0 Å². The summed E-state index contributed by atoms with van der Waals surface area (Å²) in [5.41, 5.74) is 0.696. The molecule has 1 heteroatoms. The molecule has 1 N–H and O–H groups in total. The van der Waals surface area contributed by atoms with E-state index in [1.807, 2.05) is 0 Å². The van der Waals surface area contributed by atoms with Crippen LogP contribution in [0.1, 0.15) is 26.7 Å². The van der Waals surface area contributed by atoms with Gasteiger partial charge in [-0.1, -0.05) is 13.8 Å². The van der Waals surface area contributed by atoms with Crippen LogP contribution in [0, 0.1) is 23.2 Å². The fraction of sp³-hybridized carbons (Fsp3) is 1.00. The molecule has 1 aliphatic heterocycles. The Kier molecular flexibility index (Phi) is 0.976. The van der Waals surface area contributed by atoms with Crippen molar-refractivity contribution < 1.29 is 0 Å². The first kappa shape index (κ1) is 6.47. The van der Waals surface area contributed by atoms with Crippen molar-refractivity contribution in [2.75, 3.05) is 6.54 Å². The summed E-state index contributed by atoms with van der Waals surface area (Å²) in [7, 11) is 0. The van der Waals surface area contributed by atoms with Crippen molar-refractivity contribution in [3.8, 4) is 0 Å². The van der Waals surface area contributed by atoms with Gasteiger partial charge >= 0.3 is 0 Å². The summed E-state index contributed by atoms with van der Waals surface area (Å²) in [6, 6.07) is 0.888. The van der Waals surface area contributed by atoms with E-state index in [0.29, 0.717) is 5.41 Å². The van der Waals surface area contributed by atoms with Gasteiger partial charge in [0.1, 0.15) is 0 Å². The SMILES string of the molecule is CC1C2CC3C1NCC3(C)C2. The first-order valence-electron chi connectivity index (χ1n) is 4.94. The van der Waals surface area contributed by atoms with E-state index >= 15 is 0 Å². The molecular weight excluding hydrogens is 134 g/mol. The zero-order valence-electron chi connectivity index (χ0n) is 7.43. The second-order valence-corrected chi connectivity index (χ2v) is 5.23. The summed E-state index contributed by atoms with van der Waals surface area (Å²) in [6.45, 7) is 6.22. The summed E-state index contributed by atoms with van der Waals surface area (Å²) in [5, 5.41) is 3.70. The second-order valence-electron chi connectivity index (χ2n) is 5.23. The Morgan fingerprint density at radius 2 is 2.27 bits per heavy atom. The number of hydrogen-bond acceptors (Lipinski definition) is 1. The summed E-state index contributed by atoms with van der Waals surface area (Å²) in [5.74, 6) is 3.06. The molecule has 1 nitrogen and oxygen atoms in total. The maximum atomic E-state index is 3.70. The predicted molar refractivity (Wildman–Crippen MR) is 45.3 cm³/mol. The lowest BCUT2D eigenvalue weighted by Gasteiger charge is -2.31. The lowest BCUT2D eigenvalue weighted by molar-refractivity contribution is 0.209. The number of nitrogens with one attached hydrogen (secondary N) is 1. The van der Waals surface area contributed by atoms with Gasteiger partial charge in [0.05, 0.1) is 0 Å². The highest BCUT2D eigenvalue weighted by Gasteiger charge is 2.60. The van der Waals surface area contributed by atoms with Crippen LogP contribution in [0.4, 0.5) is 0 Å². The molecule has 3 aliphatic rings. The van der Waals surface area contributed by atoms with Crippen LogP contribution >= 0.6 is 0 Å². The van der Waals surface area contributed by atoms with Crippen LogP contribution in [0.2, 0.25) is 0 Å². The van der Waals surface area contributed by atoms with Crippen molar-refractivity contribution >= 4 is 0 Å². The van der Waals surface area contributed by atoms with Crippen LogP contribution in [-0.2, 0) is 0 Å². The topological polar surface area (TPSA) is 12.0 Å². The lowest BCUT2D eigenvalue weighted by atomic mass is 9.73.